The van der Waals surface area contributed by atoms with Gasteiger partial charge in [-0.05, 0) is 49.7 Å². The summed E-state index contributed by atoms with van der Waals surface area (Å²) in [5.41, 5.74) is 1.82. The van der Waals surface area contributed by atoms with E-state index in [9.17, 15) is 9.59 Å². The summed E-state index contributed by atoms with van der Waals surface area (Å²) in [6.07, 6.45) is -0.781. The number of ether oxygens (including phenoxy) is 3. The molecule has 0 radical (unpaired) electrons. The van der Waals surface area contributed by atoms with E-state index in [0.29, 0.717) is 27.9 Å². The Balaban J connectivity index is 2.00. The Morgan fingerprint density at radius 2 is 1.81 bits per heavy atom. The van der Waals surface area contributed by atoms with Crippen LogP contribution in [0.15, 0.2) is 36.4 Å². The third-order valence-corrected chi connectivity index (χ3v) is 3.71. The molecule has 2 aromatic rings. The van der Waals surface area contributed by atoms with E-state index in [1.54, 1.807) is 43.3 Å². The van der Waals surface area contributed by atoms with Crippen molar-refractivity contribution in [1.82, 2.24) is 0 Å². The van der Waals surface area contributed by atoms with E-state index in [4.69, 9.17) is 21.1 Å². The van der Waals surface area contributed by atoms with Crippen molar-refractivity contribution in [3.05, 3.63) is 47.0 Å². The van der Waals surface area contributed by atoms with Gasteiger partial charge in [0.2, 0.25) is 0 Å². The molecule has 2 rings (SSSR count). The summed E-state index contributed by atoms with van der Waals surface area (Å²) in [7, 11) is 1.49. The lowest BCUT2D eigenvalue weighted by molar-refractivity contribution is 0.104. The minimum Gasteiger partial charge on any atom is -0.495 e. The highest BCUT2D eigenvalue weighted by molar-refractivity contribution is 6.31. The first kappa shape index (κ1) is 19.4. The number of aryl methyl sites for hydroxylation is 1. The molecule has 0 fully saturated rings. The van der Waals surface area contributed by atoms with Gasteiger partial charge in [-0.2, -0.15) is 0 Å². The Kier molecular flexibility index (Phi) is 6.68. The van der Waals surface area contributed by atoms with Crippen molar-refractivity contribution in [2.75, 3.05) is 24.4 Å². The number of halogens is 1. The number of rotatable bonds is 5. The molecule has 0 aromatic heterocycles. The smallest absolute Gasteiger partial charge is 0.495 e. The minimum atomic E-state index is -0.781. The first-order chi connectivity index (χ1) is 12.4. The Labute approximate surface area is 156 Å². The second kappa shape index (κ2) is 8.96. The van der Waals surface area contributed by atoms with E-state index in [-0.39, 0.29) is 6.61 Å². The number of amides is 2. The molecule has 2 amide bonds. The normalized spacial score (nSPS) is 10.0. The van der Waals surface area contributed by atoms with Crippen LogP contribution in [0.1, 0.15) is 12.5 Å². The third kappa shape index (κ3) is 5.29. The lowest BCUT2D eigenvalue weighted by Crippen LogP contribution is -2.20. The molecule has 7 nitrogen and oxygen atoms in total. The number of hydrogen-bond donors (Lipinski definition) is 2. The predicted molar refractivity (Wildman–Crippen MR) is 99.5 cm³/mol. The summed E-state index contributed by atoms with van der Waals surface area (Å²) in [6.45, 7) is 3.74. The Bertz CT molecular complexity index is 793. The molecule has 0 atom stereocenters. The van der Waals surface area contributed by atoms with Crippen LogP contribution in [0.3, 0.4) is 0 Å². The van der Waals surface area contributed by atoms with Crippen LogP contribution in [0.25, 0.3) is 0 Å². The van der Waals surface area contributed by atoms with Gasteiger partial charge in [0.1, 0.15) is 11.5 Å². The molecule has 0 spiro atoms. The molecule has 26 heavy (non-hydrogen) atoms. The molecule has 138 valence electrons. The van der Waals surface area contributed by atoms with Gasteiger partial charge in [-0.25, -0.2) is 9.59 Å². The zero-order valence-corrected chi connectivity index (χ0v) is 15.3. The maximum Gasteiger partial charge on any atom is 0.513 e. The average Bonchev–Trinajstić information content (AvgIpc) is 2.60. The number of carbonyl (C=O) groups excluding carboxylic acids is 2. The van der Waals surface area contributed by atoms with E-state index >= 15 is 0 Å². The first-order valence-corrected chi connectivity index (χ1v) is 8.17. The average molecular weight is 379 g/mol. The SMILES string of the molecule is CCOC(=O)Oc1ccc(NC(=O)Nc2cc(C)c(Cl)cc2OC)cc1. The molecule has 0 bridgehead atoms. The van der Waals surface area contributed by atoms with Gasteiger partial charge < -0.3 is 24.8 Å². The van der Waals surface area contributed by atoms with Crippen molar-refractivity contribution in [3.63, 3.8) is 0 Å². The molecule has 0 aliphatic rings. The summed E-state index contributed by atoms with van der Waals surface area (Å²) < 4.78 is 14.8. The zero-order valence-electron chi connectivity index (χ0n) is 14.6. The molecule has 0 unspecified atom stereocenters. The molecule has 2 N–H and O–H groups in total. The highest BCUT2D eigenvalue weighted by Crippen LogP contribution is 2.31. The number of methoxy groups -OCH3 is 1. The molecule has 0 heterocycles. The zero-order chi connectivity index (χ0) is 19.1. The van der Waals surface area contributed by atoms with Crippen LogP contribution in [0, 0.1) is 6.92 Å². The second-order valence-electron chi connectivity index (χ2n) is 5.19. The van der Waals surface area contributed by atoms with Gasteiger partial charge in [0.05, 0.1) is 19.4 Å². The maximum atomic E-state index is 12.2. The Hall–Kier alpha value is -2.93. The fourth-order valence-electron chi connectivity index (χ4n) is 2.06. The van der Waals surface area contributed by atoms with E-state index in [1.807, 2.05) is 6.92 Å². The number of urea groups is 1. The van der Waals surface area contributed by atoms with Crippen LogP contribution < -0.4 is 20.1 Å². The van der Waals surface area contributed by atoms with Crippen LogP contribution >= 0.6 is 11.6 Å². The van der Waals surface area contributed by atoms with Crippen LogP contribution in [-0.2, 0) is 4.74 Å². The van der Waals surface area contributed by atoms with Gasteiger partial charge in [0, 0.05) is 16.8 Å². The molecule has 0 saturated heterocycles. The van der Waals surface area contributed by atoms with E-state index in [0.717, 1.165) is 5.56 Å². The van der Waals surface area contributed by atoms with Crippen molar-refractivity contribution < 1.29 is 23.8 Å². The second-order valence-corrected chi connectivity index (χ2v) is 5.60. The highest BCUT2D eigenvalue weighted by Gasteiger charge is 2.11. The van der Waals surface area contributed by atoms with E-state index in [1.165, 1.54) is 7.11 Å². The summed E-state index contributed by atoms with van der Waals surface area (Å²) >= 11 is 6.05. The Morgan fingerprint density at radius 3 is 2.42 bits per heavy atom. The number of hydrogen-bond acceptors (Lipinski definition) is 5. The number of carbonyl (C=O) groups is 2. The molecule has 0 saturated carbocycles. The number of benzene rings is 2. The fourth-order valence-corrected chi connectivity index (χ4v) is 2.22. The number of anilines is 2. The van der Waals surface area contributed by atoms with E-state index < -0.39 is 12.2 Å². The van der Waals surface area contributed by atoms with Gasteiger partial charge in [-0.3, -0.25) is 0 Å². The minimum absolute atomic E-state index is 0.228. The van der Waals surface area contributed by atoms with Crippen molar-refractivity contribution in [2.24, 2.45) is 0 Å². The molecule has 0 aliphatic carbocycles. The summed E-state index contributed by atoms with van der Waals surface area (Å²) in [6, 6.07) is 9.17. The van der Waals surface area contributed by atoms with Gasteiger partial charge in [-0.15, -0.1) is 0 Å². The van der Waals surface area contributed by atoms with Gasteiger partial charge in [-0.1, -0.05) is 11.6 Å². The molecule has 0 aliphatic heterocycles. The van der Waals surface area contributed by atoms with Gasteiger partial charge in [0.15, 0.2) is 0 Å². The van der Waals surface area contributed by atoms with Crippen LogP contribution in [0.4, 0.5) is 21.0 Å². The number of nitrogens with one attached hydrogen (secondary N) is 2. The van der Waals surface area contributed by atoms with Crippen LogP contribution in [0.5, 0.6) is 11.5 Å². The van der Waals surface area contributed by atoms with Crippen molar-refractivity contribution in [2.45, 2.75) is 13.8 Å². The molecular formula is C18H19ClN2O5. The highest BCUT2D eigenvalue weighted by atomic mass is 35.5. The summed E-state index contributed by atoms with van der Waals surface area (Å²) in [5.74, 6) is 0.762. The molecule has 8 heteroatoms. The van der Waals surface area contributed by atoms with E-state index in [2.05, 4.69) is 15.4 Å². The maximum absolute atomic E-state index is 12.2. The monoisotopic (exact) mass is 378 g/mol. The quantitative estimate of drug-likeness (QED) is 0.574. The topological polar surface area (TPSA) is 85.9 Å². The Morgan fingerprint density at radius 1 is 1.12 bits per heavy atom. The largest absolute Gasteiger partial charge is 0.513 e. The lowest BCUT2D eigenvalue weighted by Gasteiger charge is -2.13. The van der Waals surface area contributed by atoms with Crippen molar-refractivity contribution in [3.8, 4) is 11.5 Å². The van der Waals surface area contributed by atoms with Crippen LogP contribution in [0.2, 0.25) is 5.02 Å². The first-order valence-electron chi connectivity index (χ1n) is 7.79. The predicted octanol–water partition coefficient (Wildman–Crippen LogP) is 4.84. The van der Waals surface area contributed by atoms with Crippen LogP contribution in [-0.4, -0.2) is 25.9 Å². The molecule has 2 aromatic carbocycles. The third-order valence-electron chi connectivity index (χ3n) is 3.30. The fraction of sp³-hybridized carbons (Fsp3) is 0.222. The lowest BCUT2D eigenvalue weighted by atomic mass is 10.2. The standard InChI is InChI=1S/C18H19ClN2O5/c1-4-25-18(23)26-13-7-5-12(6-8-13)20-17(22)21-15-9-11(2)14(19)10-16(15)24-3/h5-10H,4H2,1-3H3,(H2,20,21,22). The van der Waals surface area contributed by atoms with Gasteiger partial charge in [0.25, 0.3) is 0 Å². The summed E-state index contributed by atoms with van der Waals surface area (Å²) in [4.78, 5) is 23.4. The summed E-state index contributed by atoms with van der Waals surface area (Å²) in [5, 5.41) is 5.92. The van der Waals surface area contributed by atoms with Gasteiger partial charge >= 0.3 is 12.2 Å². The molecular weight excluding hydrogens is 360 g/mol. The van der Waals surface area contributed by atoms with Crippen molar-refractivity contribution >= 4 is 35.2 Å². The van der Waals surface area contributed by atoms with Crippen molar-refractivity contribution in [1.29, 1.82) is 0 Å².